The summed E-state index contributed by atoms with van der Waals surface area (Å²) in [5.41, 5.74) is 1.37. The van der Waals surface area contributed by atoms with Gasteiger partial charge in [0.25, 0.3) is 0 Å². The average Bonchev–Trinajstić information content (AvgIpc) is 2.84. The Labute approximate surface area is 135 Å². The molecule has 1 heterocycles. The number of carbonyl (C=O) groups excluding carboxylic acids is 1. The first kappa shape index (κ1) is 16.8. The van der Waals surface area contributed by atoms with Gasteiger partial charge >= 0.3 is 11.9 Å². The number of carboxylic acids is 1. The minimum atomic E-state index is -0.971. The molecule has 0 saturated carbocycles. The number of aliphatic carboxylic acids is 1. The summed E-state index contributed by atoms with van der Waals surface area (Å²) in [4.78, 5) is 21.6. The SMILES string of the molecule is C=C1CC(CCCCOc2ccc(/C=C/C(=O)O)cc2)OC1=O. The fourth-order valence-electron chi connectivity index (χ4n) is 2.30. The number of hydrogen-bond donors (Lipinski definition) is 1. The van der Waals surface area contributed by atoms with E-state index in [-0.39, 0.29) is 12.1 Å². The van der Waals surface area contributed by atoms with E-state index in [1.807, 2.05) is 12.1 Å². The van der Waals surface area contributed by atoms with Crippen LogP contribution in [0.4, 0.5) is 0 Å². The van der Waals surface area contributed by atoms with Crippen LogP contribution >= 0.6 is 0 Å². The predicted octanol–water partition coefficient (Wildman–Crippen LogP) is 3.21. The zero-order valence-corrected chi connectivity index (χ0v) is 12.9. The first-order valence-electron chi connectivity index (χ1n) is 7.57. The molecule has 1 aromatic carbocycles. The minimum Gasteiger partial charge on any atom is -0.494 e. The molecule has 5 nitrogen and oxygen atoms in total. The third kappa shape index (κ3) is 5.62. The standard InChI is InChI=1S/C18H20O5/c1-13-12-16(23-18(13)21)4-2-3-11-22-15-8-5-14(6-9-15)7-10-17(19)20/h5-10,16H,1-4,11-12H2,(H,19,20)/b10-7+. The summed E-state index contributed by atoms with van der Waals surface area (Å²) in [5, 5.41) is 8.56. The Balaban J connectivity index is 1.63. The molecule has 0 spiro atoms. The Morgan fingerprint density at radius 1 is 1.35 bits per heavy atom. The van der Waals surface area contributed by atoms with Gasteiger partial charge in [-0.25, -0.2) is 9.59 Å². The van der Waals surface area contributed by atoms with Crippen molar-refractivity contribution in [3.63, 3.8) is 0 Å². The topological polar surface area (TPSA) is 72.8 Å². The number of esters is 1. The highest BCUT2D eigenvalue weighted by Crippen LogP contribution is 2.22. The number of hydrogen-bond acceptors (Lipinski definition) is 4. The van der Waals surface area contributed by atoms with Gasteiger partial charge in [-0.2, -0.15) is 0 Å². The van der Waals surface area contributed by atoms with Gasteiger partial charge in [-0.05, 0) is 43.0 Å². The zero-order chi connectivity index (χ0) is 16.7. The van der Waals surface area contributed by atoms with E-state index in [0.29, 0.717) is 18.6 Å². The van der Waals surface area contributed by atoms with Crippen molar-refractivity contribution < 1.29 is 24.2 Å². The van der Waals surface area contributed by atoms with Crippen molar-refractivity contribution in [1.29, 1.82) is 0 Å². The second-order valence-corrected chi connectivity index (χ2v) is 5.42. The molecule has 1 fully saturated rings. The molecule has 1 unspecified atom stereocenters. The maximum absolute atomic E-state index is 11.2. The molecule has 0 bridgehead atoms. The molecular weight excluding hydrogens is 296 g/mol. The molecule has 122 valence electrons. The highest BCUT2D eigenvalue weighted by molar-refractivity contribution is 5.89. The van der Waals surface area contributed by atoms with Crippen molar-refractivity contribution in [2.24, 2.45) is 0 Å². The van der Waals surface area contributed by atoms with Gasteiger partial charge in [0.1, 0.15) is 11.9 Å². The van der Waals surface area contributed by atoms with Crippen molar-refractivity contribution in [1.82, 2.24) is 0 Å². The van der Waals surface area contributed by atoms with E-state index in [9.17, 15) is 9.59 Å². The van der Waals surface area contributed by atoms with Crippen LogP contribution in [0.3, 0.4) is 0 Å². The van der Waals surface area contributed by atoms with Crippen LogP contribution in [0, 0.1) is 0 Å². The van der Waals surface area contributed by atoms with Crippen LogP contribution in [0.5, 0.6) is 5.75 Å². The van der Waals surface area contributed by atoms with Crippen LogP contribution in [0.25, 0.3) is 6.08 Å². The number of cyclic esters (lactones) is 1. The number of carboxylic acid groups (broad SMARTS) is 1. The molecule has 1 atom stereocenters. The van der Waals surface area contributed by atoms with E-state index in [0.717, 1.165) is 36.7 Å². The Morgan fingerprint density at radius 3 is 2.70 bits per heavy atom. The van der Waals surface area contributed by atoms with E-state index in [1.54, 1.807) is 12.1 Å². The molecular formula is C18H20O5. The number of rotatable bonds is 8. The lowest BCUT2D eigenvalue weighted by Crippen LogP contribution is -2.07. The van der Waals surface area contributed by atoms with Crippen molar-refractivity contribution in [2.45, 2.75) is 31.8 Å². The Kier molecular flexibility index (Phi) is 5.97. The van der Waals surface area contributed by atoms with E-state index in [1.165, 1.54) is 6.08 Å². The summed E-state index contributed by atoms with van der Waals surface area (Å²) in [6.07, 6.45) is 5.85. The molecule has 2 rings (SSSR count). The largest absolute Gasteiger partial charge is 0.494 e. The maximum atomic E-state index is 11.2. The van der Waals surface area contributed by atoms with E-state index < -0.39 is 5.97 Å². The molecule has 0 aromatic heterocycles. The van der Waals surface area contributed by atoms with Gasteiger partial charge in [-0.3, -0.25) is 0 Å². The van der Waals surface area contributed by atoms with Gasteiger partial charge in [0.15, 0.2) is 0 Å². The van der Waals surface area contributed by atoms with Gasteiger partial charge in [0.2, 0.25) is 0 Å². The monoisotopic (exact) mass is 316 g/mol. The van der Waals surface area contributed by atoms with Crippen LogP contribution in [-0.4, -0.2) is 29.8 Å². The highest BCUT2D eigenvalue weighted by Gasteiger charge is 2.26. The summed E-state index contributed by atoms with van der Waals surface area (Å²) in [6.45, 7) is 4.25. The molecule has 0 aliphatic carbocycles. The number of unbranched alkanes of at least 4 members (excludes halogenated alkanes) is 1. The molecule has 1 aliphatic rings. The van der Waals surface area contributed by atoms with E-state index in [4.69, 9.17) is 14.6 Å². The minimum absolute atomic E-state index is 0.0321. The first-order chi connectivity index (χ1) is 11.0. The number of benzene rings is 1. The third-order valence-corrected chi connectivity index (χ3v) is 3.52. The summed E-state index contributed by atoms with van der Waals surface area (Å²) >= 11 is 0. The van der Waals surface area contributed by atoms with Gasteiger partial charge in [0.05, 0.1) is 6.61 Å². The zero-order valence-electron chi connectivity index (χ0n) is 12.9. The lowest BCUT2D eigenvalue weighted by molar-refractivity contribution is -0.139. The van der Waals surface area contributed by atoms with E-state index in [2.05, 4.69) is 6.58 Å². The van der Waals surface area contributed by atoms with Crippen molar-refractivity contribution in [3.05, 3.63) is 48.1 Å². The first-order valence-corrected chi connectivity index (χ1v) is 7.57. The van der Waals surface area contributed by atoms with Gasteiger partial charge in [-0.1, -0.05) is 18.7 Å². The fourth-order valence-corrected chi connectivity index (χ4v) is 2.30. The van der Waals surface area contributed by atoms with Gasteiger partial charge in [-0.15, -0.1) is 0 Å². The molecule has 1 aromatic rings. The van der Waals surface area contributed by atoms with Crippen LogP contribution in [0.15, 0.2) is 42.5 Å². The lowest BCUT2D eigenvalue weighted by atomic mass is 10.1. The van der Waals surface area contributed by atoms with Crippen LogP contribution < -0.4 is 4.74 Å². The van der Waals surface area contributed by atoms with Crippen molar-refractivity contribution in [3.8, 4) is 5.75 Å². The lowest BCUT2D eigenvalue weighted by Gasteiger charge is -2.09. The molecule has 23 heavy (non-hydrogen) atoms. The van der Waals surface area contributed by atoms with E-state index >= 15 is 0 Å². The van der Waals surface area contributed by atoms with Gasteiger partial charge in [0, 0.05) is 18.1 Å². The summed E-state index contributed by atoms with van der Waals surface area (Å²) in [6, 6.07) is 7.23. The predicted molar refractivity (Wildman–Crippen MR) is 86.1 cm³/mol. The van der Waals surface area contributed by atoms with Crippen LogP contribution in [0.2, 0.25) is 0 Å². The Hall–Kier alpha value is -2.56. The Bertz CT molecular complexity index is 584. The smallest absolute Gasteiger partial charge is 0.333 e. The third-order valence-electron chi connectivity index (χ3n) is 3.52. The quantitative estimate of drug-likeness (QED) is 0.453. The van der Waals surface area contributed by atoms with Gasteiger partial charge < -0.3 is 14.6 Å². The summed E-state index contributed by atoms with van der Waals surface area (Å²) in [7, 11) is 0. The van der Waals surface area contributed by atoms with Crippen molar-refractivity contribution >= 4 is 18.0 Å². The second-order valence-electron chi connectivity index (χ2n) is 5.42. The Morgan fingerprint density at radius 2 is 2.09 bits per heavy atom. The molecule has 1 aliphatic heterocycles. The molecule has 1 saturated heterocycles. The van der Waals surface area contributed by atoms with Crippen LogP contribution in [-0.2, 0) is 14.3 Å². The summed E-state index contributed by atoms with van der Waals surface area (Å²) < 4.78 is 10.8. The molecule has 0 amide bonds. The molecule has 5 heteroatoms. The summed E-state index contributed by atoms with van der Waals surface area (Å²) in [5.74, 6) is -0.497. The fraction of sp³-hybridized carbons (Fsp3) is 0.333. The maximum Gasteiger partial charge on any atom is 0.333 e. The molecule has 1 N–H and O–H groups in total. The van der Waals surface area contributed by atoms with Crippen LogP contribution in [0.1, 0.15) is 31.2 Å². The second kappa shape index (κ2) is 8.17. The average molecular weight is 316 g/mol. The highest BCUT2D eigenvalue weighted by atomic mass is 16.5. The number of carbonyl (C=O) groups is 2. The van der Waals surface area contributed by atoms with Crippen molar-refractivity contribution in [2.75, 3.05) is 6.61 Å². The molecule has 0 radical (unpaired) electrons. The number of ether oxygens (including phenoxy) is 2. The normalized spacial score (nSPS) is 17.5.